The molecule has 0 bridgehead atoms. The summed E-state index contributed by atoms with van der Waals surface area (Å²) in [6, 6.07) is 16.8. The van der Waals surface area contributed by atoms with Crippen molar-refractivity contribution in [3.63, 3.8) is 0 Å². The van der Waals surface area contributed by atoms with Crippen molar-refractivity contribution in [2.24, 2.45) is 5.92 Å². The van der Waals surface area contributed by atoms with Crippen LogP contribution < -0.4 is 15.4 Å². The van der Waals surface area contributed by atoms with E-state index >= 15 is 0 Å². The van der Waals surface area contributed by atoms with E-state index < -0.39 is 0 Å². The second-order valence-corrected chi connectivity index (χ2v) is 9.69. The number of amides is 1. The standard InChI is InChI=1S/C30H34N6O2S/c1-5-15-35(30(39)33-25-11-13-27(38-4)14-12-25)20-28(22(3)6-2)34-29(37)16-26-18-32-21-36(26)19-24-9-7-23(17-31)8-10-24/h1,7-14,18,21-22,28H,6,15-16,19-20H2,2-4H3,(H,33,39)(H,34,37)/t22-,28+/m0/s1. The number of carbonyl (C=O) groups excluding carboxylic acids is 1. The summed E-state index contributed by atoms with van der Waals surface area (Å²) < 4.78 is 7.16. The molecule has 0 aliphatic carbocycles. The number of nitriles is 1. The van der Waals surface area contributed by atoms with E-state index in [0.717, 1.165) is 29.1 Å². The molecule has 0 aliphatic heterocycles. The van der Waals surface area contributed by atoms with E-state index in [0.29, 0.717) is 30.3 Å². The van der Waals surface area contributed by atoms with Crippen molar-refractivity contribution < 1.29 is 9.53 Å². The van der Waals surface area contributed by atoms with Gasteiger partial charge in [0.25, 0.3) is 0 Å². The van der Waals surface area contributed by atoms with E-state index in [-0.39, 0.29) is 24.3 Å². The lowest BCUT2D eigenvalue weighted by Gasteiger charge is -2.32. The Morgan fingerprint density at radius 1 is 1.23 bits per heavy atom. The van der Waals surface area contributed by atoms with Crippen molar-refractivity contribution in [1.29, 1.82) is 5.26 Å². The van der Waals surface area contributed by atoms with Gasteiger partial charge in [0, 0.05) is 36.7 Å². The van der Waals surface area contributed by atoms with E-state index in [4.69, 9.17) is 28.6 Å². The van der Waals surface area contributed by atoms with E-state index in [2.05, 4.69) is 41.5 Å². The van der Waals surface area contributed by atoms with Crippen LogP contribution in [0, 0.1) is 29.6 Å². The predicted molar refractivity (Wildman–Crippen MR) is 157 cm³/mol. The maximum atomic E-state index is 13.2. The molecule has 2 atom stereocenters. The van der Waals surface area contributed by atoms with Gasteiger partial charge < -0.3 is 24.8 Å². The molecule has 0 saturated carbocycles. The number of imidazole rings is 1. The van der Waals surface area contributed by atoms with E-state index in [9.17, 15) is 4.79 Å². The summed E-state index contributed by atoms with van der Waals surface area (Å²) >= 11 is 5.67. The molecular formula is C30H34N6O2S. The third-order valence-corrected chi connectivity index (χ3v) is 6.94. The molecular weight excluding hydrogens is 508 g/mol. The monoisotopic (exact) mass is 542 g/mol. The number of rotatable bonds is 12. The first-order valence-corrected chi connectivity index (χ1v) is 13.2. The van der Waals surface area contributed by atoms with Crippen LogP contribution in [0.15, 0.2) is 61.1 Å². The average Bonchev–Trinajstić information content (AvgIpc) is 3.38. The Kier molecular flexibility index (Phi) is 10.9. The Morgan fingerprint density at radius 2 is 1.95 bits per heavy atom. The van der Waals surface area contributed by atoms with Gasteiger partial charge in [-0.2, -0.15) is 5.26 Å². The second-order valence-electron chi connectivity index (χ2n) is 9.30. The smallest absolute Gasteiger partial charge is 0.226 e. The highest BCUT2D eigenvalue weighted by Gasteiger charge is 2.23. The number of ether oxygens (including phenoxy) is 1. The first-order valence-electron chi connectivity index (χ1n) is 12.8. The normalized spacial score (nSPS) is 11.9. The molecule has 8 nitrogen and oxygen atoms in total. The van der Waals surface area contributed by atoms with Crippen LogP contribution in [-0.4, -0.2) is 51.7 Å². The molecule has 0 fully saturated rings. The molecule has 2 aromatic carbocycles. The van der Waals surface area contributed by atoms with Crippen LogP contribution in [0.5, 0.6) is 5.75 Å². The van der Waals surface area contributed by atoms with Gasteiger partial charge in [0.15, 0.2) is 5.11 Å². The summed E-state index contributed by atoms with van der Waals surface area (Å²) in [4.78, 5) is 19.3. The fourth-order valence-electron chi connectivity index (χ4n) is 4.04. The van der Waals surface area contributed by atoms with Gasteiger partial charge >= 0.3 is 0 Å². The SMILES string of the molecule is C#CCN(C[C@@H](NC(=O)Cc1cncn1Cc1ccc(C#N)cc1)[C@@H](C)CC)C(=S)Nc1ccc(OC)cc1. The Labute approximate surface area is 236 Å². The third-order valence-electron chi connectivity index (χ3n) is 6.58. The predicted octanol–water partition coefficient (Wildman–Crippen LogP) is 4.22. The molecule has 202 valence electrons. The minimum absolute atomic E-state index is 0.100. The van der Waals surface area contributed by atoms with Gasteiger partial charge in [-0.05, 0) is 60.1 Å². The van der Waals surface area contributed by atoms with Gasteiger partial charge in [0.05, 0.1) is 38.0 Å². The molecule has 3 rings (SSSR count). The molecule has 9 heteroatoms. The fourth-order valence-corrected chi connectivity index (χ4v) is 4.29. The van der Waals surface area contributed by atoms with Gasteiger partial charge in [0.1, 0.15) is 5.75 Å². The summed E-state index contributed by atoms with van der Waals surface area (Å²) in [5.41, 5.74) is 3.26. The number of aromatic nitrogens is 2. The van der Waals surface area contributed by atoms with Crippen molar-refractivity contribution in [3.8, 4) is 24.2 Å². The van der Waals surface area contributed by atoms with Crippen LogP contribution in [-0.2, 0) is 17.8 Å². The number of benzene rings is 2. The highest BCUT2D eigenvalue weighted by Crippen LogP contribution is 2.17. The maximum Gasteiger partial charge on any atom is 0.226 e. The van der Waals surface area contributed by atoms with Crippen molar-refractivity contribution in [2.75, 3.05) is 25.5 Å². The lowest BCUT2D eigenvalue weighted by Crippen LogP contribution is -2.50. The summed E-state index contributed by atoms with van der Waals surface area (Å²) in [5, 5.41) is 15.9. The molecule has 39 heavy (non-hydrogen) atoms. The zero-order chi connectivity index (χ0) is 28.2. The summed E-state index contributed by atoms with van der Waals surface area (Å²) in [6.45, 7) is 5.54. The third kappa shape index (κ3) is 8.59. The summed E-state index contributed by atoms with van der Waals surface area (Å²) in [5.74, 6) is 3.53. The molecule has 1 amide bonds. The van der Waals surface area contributed by atoms with Crippen LogP contribution in [0.25, 0.3) is 0 Å². The average molecular weight is 543 g/mol. The summed E-state index contributed by atoms with van der Waals surface area (Å²) in [6.07, 6.45) is 10.2. The number of nitrogens with zero attached hydrogens (tertiary/aromatic N) is 4. The van der Waals surface area contributed by atoms with Crippen LogP contribution in [0.4, 0.5) is 5.69 Å². The number of anilines is 1. The first kappa shape index (κ1) is 29.2. The Balaban J connectivity index is 1.66. The Hall–Kier alpha value is -4.34. The number of carbonyl (C=O) groups is 1. The van der Waals surface area contributed by atoms with Crippen LogP contribution in [0.1, 0.15) is 37.1 Å². The number of terminal acetylenes is 1. The zero-order valence-electron chi connectivity index (χ0n) is 22.6. The first-order chi connectivity index (χ1) is 18.9. The molecule has 0 unspecified atom stereocenters. The number of hydrogen-bond donors (Lipinski definition) is 2. The molecule has 3 aromatic rings. The zero-order valence-corrected chi connectivity index (χ0v) is 23.4. The van der Waals surface area contributed by atoms with Crippen molar-refractivity contribution in [1.82, 2.24) is 19.8 Å². The van der Waals surface area contributed by atoms with E-state index in [1.54, 1.807) is 31.8 Å². The maximum absolute atomic E-state index is 13.2. The van der Waals surface area contributed by atoms with E-state index in [1.807, 2.05) is 45.9 Å². The highest BCUT2D eigenvalue weighted by molar-refractivity contribution is 7.80. The van der Waals surface area contributed by atoms with Crippen molar-refractivity contribution >= 4 is 28.9 Å². The minimum Gasteiger partial charge on any atom is -0.497 e. The van der Waals surface area contributed by atoms with Crippen LogP contribution >= 0.6 is 12.2 Å². The van der Waals surface area contributed by atoms with Gasteiger partial charge in [-0.15, -0.1) is 6.42 Å². The largest absolute Gasteiger partial charge is 0.497 e. The van der Waals surface area contributed by atoms with Crippen molar-refractivity contribution in [3.05, 3.63) is 77.9 Å². The molecule has 1 heterocycles. The van der Waals surface area contributed by atoms with Gasteiger partial charge in [-0.25, -0.2) is 4.98 Å². The number of hydrogen-bond acceptors (Lipinski definition) is 5. The lowest BCUT2D eigenvalue weighted by molar-refractivity contribution is -0.121. The molecule has 1 aromatic heterocycles. The van der Waals surface area contributed by atoms with Gasteiger partial charge in [-0.1, -0.05) is 38.3 Å². The molecule has 0 aliphatic rings. The summed E-state index contributed by atoms with van der Waals surface area (Å²) in [7, 11) is 1.62. The van der Waals surface area contributed by atoms with Gasteiger partial charge in [0.2, 0.25) is 5.91 Å². The van der Waals surface area contributed by atoms with Crippen LogP contribution in [0.3, 0.4) is 0 Å². The Bertz CT molecular complexity index is 1320. The Morgan fingerprint density at radius 3 is 2.56 bits per heavy atom. The van der Waals surface area contributed by atoms with E-state index in [1.165, 1.54) is 0 Å². The highest BCUT2D eigenvalue weighted by atomic mass is 32.1. The molecule has 0 saturated heterocycles. The number of thiocarbonyl (C=S) groups is 1. The fraction of sp³-hybridized carbons (Fsp3) is 0.333. The number of nitrogens with one attached hydrogen (secondary N) is 2. The topological polar surface area (TPSA) is 95.2 Å². The lowest BCUT2D eigenvalue weighted by atomic mass is 9.98. The second kappa shape index (κ2) is 14.6. The molecule has 2 N–H and O–H groups in total. The molecule has 0 spiro atoms. The quantitative estimate of drug-likeness (QED) is 0.261. The number of methoxy groups -OCH3 is 1. The van der Waals surface area contributed by atoms with Gasteiger partial charge in [-0.3, -0.25) is 4.79 Å². The molecule has 0 radical (unpaired) electrons. The van der Waals surface area contributed by atoms with Crippen LogP contribution in [0.2, 0.25) is 0 Å². The van der Waals surface area contributed by atoms with Crippen molar-refractivity contribution in [2.45, 2.75) is 39.3 Å². The minimum atomic E-state index is -0.165.